The van der Waals surface area contributed by atoms with Crippen molar-refractivity contribution >= 4 is 17.2 Å². The zero-order valence-corrected chi connectivity index (χ0v) is 8.22. The van der Waals surface area contributed by atoms with E-state index < -0.39 is 0 Å². The maximum absolute atomic E-state index is 5.80. The standard InChI is InChI=1S/C6H14N2S.ClH/c1-4(2)6(3,8)5(7)9;/h4H,8H2,1-3H3,(H2,7,9);1H. The van der Waals surface area contributed by atoms with E-state index in [4.69, 9.17) is 18.0 Å². The molecule has 0 amide bonds. The number of halogens is 1. The van der Waals surface area contributed by atoms with Gasteiger partial charge in [0.15, 0.2) is 4.99 Å². The highest BCUT2D eigenvalue weighted by Crippen LogP contribution is 2.11. The Morgan fingerprint density at radius 3 is 1.90 bits per heavy atom. The van der Waals surface area contributed by atoms with E-state index >= 15 is 0 Å². The molecule has 2 nitrogen and oxygen atoms in total. The number of quaternary nitrogens is 1. The largest absolute Gasteiger partial charge is 1.00 e. The third kappa shape index (κ3) is 2.92. The highest BCUT2D eigenvalue weighted by Gasteiger charge is 2.28. The summed E-state index contributed by atoms with van der Waals surface area (Å²) in [6.45, 7) is 5.99. The van der Waals surface area contributed by atoms with E-state index in [1.165, 1.54) is 0 Å². The molecular weight excluding hydrogens is 168 g/mol. The lowest BCUT2D eigenvalue weighted by Crippen LogP contribution is -3.00. The summed E-state index contributed by atoms with van der Waals surface area (Å²) < 4.78 is 0. The van der Waals surface area contributed by atoms with Crippen molar-refractivity contribution in [1.29, 1.82) is 0 Å². The van der Waals surface area contributed by atoms with Gasteiger partial charge in [-0.1, -0.05) is 13.8 Å². The first-order valence-corrected chi connectivity index (χ1v) is 3.45. The molecule has 0 aromatic carbocycles. The molecule has 0 saturated carbocycles. The Kier molecular flexibility index (Phi) is 5.48. The van der Waals surface area contributed by atoms with E-state index in [9.17, 15) is 0 Å². The number of thiocarbonyl (C=S) groups is 1. The average molecular weight is 183 g/mol. The molecule has 0 fully saturated rings. The summed E-state index contributed by atoms with van der Waals surface area (Å²) in [5.41, 5.74) is 9.06. The molecule has 5 N–H and O–H groups in total. The lowest BCUT2D eigenvalue weighted by atomic mass is 9.90. The van der Waals surface area contributed by atoms with Gasteiger partial charge in [-0.25, -0.2) is 0 Å². The van der Waals surface area contributed by atoms with Crippen molar-refractivity contribution in [3.05, 3.63) is 0 Å². The SMILES string of the molecule is CC(C)C(C)(N)C([NH3+])=S.[Cl-]. The van der Waals surface area contributed by atoms with E-state index in [-0.39, 0.29) is 17.9 Å². The van der Waals surface area contributed by atoms with E-state index in [0.717, 1.165) is 0 Å². The lowest BCUT2D eigenvalue weighted by molar-refractivity contribution is -0.219. The van der Waals surface area contributed by atoms with Gasteiger partial charge in [-0.2, -0.15) is 0 Å². The Labute approximate surface area is 73.8 Å². The summed E-state index contributed by atoms with van der Waals surface area (Å²) in [6, 6.07) is 0. The second-order valence-corrected chi connectivity index (χ2v) is 3.35. The number of rotatable bonds is 2. The van der Waals surface area contributed by atoms with Gasteiger partial charge in [-0.05, 0) is 25.1 Å². The maximum Gasteiger partial charge on any atom is 0.189 e. The molecule has 10 heavy (non-hydrogen) atoms. The molecule has 0 aromatic rings. The first-order chi connectivity index (χ1) is 3.89. The number of nitrogens with two attached hydrogens (primary N) is 1. The highest BCUT2D eigenvalue weighted by molar-refractivity contribution is 7.80. The Morgan fingerprint density at radius 2 is 1.90 bits per heavy atom. The molecule has 0 radical (unpaired) electrons. The highest BCUT2D eigenvalue weighted by atomic mass is 35.5. The second kappa shape index (κ2) is 4.23. The topological polar surface area (TPSA) is 53.7 Å². The van der Waals surface area contributed by atoms with Gasteiger partial charge in [0.1, 0.15) is 5.54 Å². The van der Waals surface area contributed by atoms with Crippen LogP contribution < -0.4 is 23.9 Å². The Hall–Kier alpha value is 0.300. The van der Waals surface area contributed by atoms with E-state index in [1.54, 1.807) is 0 Å². The third-order valence-electron chi connectivity index (χ3n) is 1.80. The van der Waals surface area contributed by atoms with Crippen LogP contribution in [0.15, 0.2) is 0 Å². The van der Waals surface area contributed by atoms with Crippen LogP contribution in [0, 0.1) is 5.92 Å². The van der Waals surface area contributed by atoms with Crippen LogP contribution in [0.4, 0.5) is 0 Å². The molecule has 0 aliphatic carbocycles. The van der Waals surface area contributed by atoms with Crippen molar-refractivity contribution in [3.8, 4) is 0 Å². The molecule has 0 aliphatic rings. The zero-order chi connectivity index (χ0) is 7.65. The Balaban J connectivity index is 0. The molecule has 0 aliphatic heterocycles. The summed E-state index contributed by atoms with van der Waals surface area (Å²) >= 11 is 4.87. The van der Waals surface area contributed by atoms with Crippen LogP contribution in [0.5, 0.6) is 0 Å². The fourth-order valence-electron chi connectivity index (χ4n) is 0.322. The maximum atomic E-state index is 5.80. The molecule has 0 saturated heterocycles. The predicted molar refractivity (Wildman–Crippen MR) is 42.9 cm³/mol. The van der Waals surface area contributed by atoms with Crippen LogP contribution in [-0.2, 0) is 0 Å². The smallest absolute Gasteiger partial charge is 0.189 e. The van der Waals surface area contributed by atoms with Crippen LogP contribution in [0.2, 0.25) is 0 Å². The van der Waals surface area contributed by atoms with Crippen LogP contribution in [0.1, 0.15) is 20.8 Å². The predicted octanol–water partition coefficient (Wildman–Crippen LogP) is -3.07. The Bertz CT molecular complexity index is 123. The monoisotopic (exact) mass is 182 g/mol. The van der Waals surface area contributed by atoms with Gasteiger partial charge in [0.25, 0.3) is 0 Å². The average Bonchev–Trinajstić information content (AvgIpc) is 1.65. The van der Waals surface area contributed by atoms with E-state index in [1.807, 2.05) is 20.8 Å². The summed E-state index contributed by atoms with van der Waals surface area (Å²) in [4.78, 5) is 0.637. The summed E-state index contributed by atoms with van der Waals surface area (Å²) in [6.07, 6.45) is 0. The number of hydrogen-bond acceptors (Lipinski definition) is 2. The van der Waals surface area contributed by atoms with E-state index in [2.05, 4.69) is 5.73 Å². The minimum atomic E-state index is -0.380. The normalized spacial score (nSPS) is 15.8. The molecule has 0 heterocycles. The first kappa shape index (κ1) is 12.9. The molecule has 0 spiro atoms. The van der Waals surface area contributed by atoms with Crippen molar-refractivity contribution in [3.63, 3.8) is 0 Å². The van der Waals surface area contributed by atoms with Crippen molar-refractivity contribution in [2.45, 2.75) is 26.3 Å². The van der Waals surface area contributed by atoms with E-state index in [0.29, 0.717) is 10.9 Å². The van der Waals surface area contributed by atoms with Gasteiger partial charge in [-0.15, -0.1) is 0 Å². The fourth-order valence-corrected chi connectivity index (χ4v) is 0.558. The molecule has 4 heteroatoms. The quantitative estimate of drug-likeness (QED) is 0.446. The van der Waals surface area contributed by atoms with Gasteiger partial charge < -0.3 is 23.9 Å². The Morgan fingerprint density at radius 1 is 1.60 bits per heavy atom. The van der Waals surface area contributed by atoms with Crippen molar-refractivity contribution in [1.82, 2.24) is 0 Å². The number of hydrogen-bond donors (Lipinski definition) is 2. The minimum Gasteiger partial charge on any atom is -1.00 e. The molecule has 1 unspecified atom stereocenters. The minimum absolute atomic E-state index is 0. The third-order valence-corrected chi connectivity index (χ3v) is 2.24. The van der Waals surface area contributed by atoms with Crippen LogP contribution >= 0.6 is 12.2 Å². The van der Waals surface area contributed by atoms with Crippen LogP contribution in [0.25, 0.3) is 0 Å². The van der Waals surface area contributed by atoms with Gasteiger partial charge in [-0.3, -0.25) is 0 Å². The fraction of sp³-hybridized carbons (Fsp3) is 0.833. The van der Waals surface area contributed by atoms with Crippen molar-refractivity contribution in [2.24, 2.45) is 11.7 Å². The summed E-state index contributed by atoms with van der Waals surface area (Å²) in [5.74, 6) is 0.363. The zero-order valence-electron chi connectivity index (χ0n) is 6.65. The molecule has 62 valence electrons. The van der Waals surface area contributed by atoms with Gasteiger partial charge in [0, 0.05) is 0 Å². The molecular formula is C6H15ClN2S. The van der Waals surface area contributed by atoms with Gasteiger partial charge in [0.05, 0.1) is 0 Å². The lowest BCUT2D eigenvalue weighted by Gasteiger charge is -2.24. The van der Waals surface area contributed by atoms with Gasteiger partial charge >= 0.3 is 0 Å². The second-order valence-electron chi connectivity index (χ2n) is 2.86. The molecule has 1 atom stereocenters. The summed E-state index contributed by atoms with van der Waals surface area (Å²) in [7, 11) is 0. The van der Waals surface area contributed by atoms with Gasteiger partial charge in [0.2, 0.25) is 0 Å². The van der Waals surface area contributed by atoms with Crippen LogP contribution in [0.3, 0.4) is 0 Å². The van der Waals surface area contributed by atoms with Crippen LogP contribution in [-0.4, -0.2) is 10.5 Å². The summed E-state index contributed by atoms with van der Waals surface area (Å²) in [5, 5.41) is 0. The molecule has 0 rings (SSSR count). The van der Waals surface area contributed by atoms with Crippen molar-refractivity contribution < 1.29 is 18.1 Å². The van der Waals surface area contributed by atoms with Crippen molar-refractivity contribution in [2.75, 3.05) is 0 Å². The molecule has 0 bridgehead atoms. The first-order valence-electron chi connectivity index (χ1n) is 3.04. The molecule has 0 aromatic heterocycles.